The number of aromatic nitrogens is 3. The number of rotatable bonds is 2. The Morgan fingerprint density at radius 2 is 1.93 bits per heavy atom. The number of hydrogen-bond acceptors (Lipinski definition) is 3. The predicted molar refractivity (Wildman–Crippen MR) is 43.2 cm³/mol. The van der Waals surface area contributed by atoms with Crippen LogP contribution in [0.25, 0.3) is 0 Å². The number of H-pyrrole nitrogens is 1. The van der Waals surface area contributed by atoms with E-state index in [1.54, 1.807) is 13.8 Å². The standard InChI is InChI=1S/C7H11F3N4/c1-3(2)4(11)5-12-6(14-13-5)7(8,9)10/h3-4H,11H2,1-2H3,(H,12,13,14)/t4-/m1/s1. The van der Waals surface area contributed by atoms with Crippen LogP contribution in [0.15, 0.2) is 0 Å². The Labute approximate surface area is 78.7 Å². The maximum Gasteiger partial charge on any atom is 0.453 e. The molecule has 1 atom stereocenters. The highest BCUT2D eigenvalue weighted by atomic mass is 19.4. The molecule has 0 bridgehead atoms. The van der Waals surface area contributed by atoms with E-state index in [0.717, 1.165) is 0 Å². The van der Waals surface area contributed by atoms with E-state index in [-0.39, 0.29) is 11.7 Å². The van der Waals surface area contributed by atoms with Crippen LogP contribution in [-0.2, 0) is 6.18 Å². The van der Waals surface area contributed by atoms with Crippen molar-refractivity contribution in [2.75, 3.05) is 0 Å². The smallest absolute Gasteiger partial charge is 0.321 e. The van der Waals surface area contributed by atoms with Crippen molar-refractivity contribution in [2.24, 2.45) is 11.7 Å². The van der Waals surface area contributed by atoms with Gasteiger partial charge in [-0.2, -0.15) is 13.2 Å². The van der Waals surface area contributed by atoms with Gasteiger partial charge < -0.3 is 5.73 Å². The third-order valence-corrected chi connectivity index (χ3v) is 1.79. The molecule has 0 spiro atoms. The molecule has 0 aliphatic heterocycles. The molecule has 0 unspecified atom stereocenters. The molecule has 14 heavy (non-hydrogen) atoms. The average molecular weight is 208 g/mol. The van der Waals surface area contributed by atoms with Crippen LogP contribution in [-0.4, -0.2) is 15.2 Å². The molecule has 4 nitrogen and oxygen atoms in total. The molecule has 1 rings (SSSR count). The summed E-state index contributed by atoms with van der Waals surface area (Å²) in [7, 11) is 0. The lowest BCUT2D eigenvalue weighted by Gasteiger charge is -2.11. The topological polar surface area (TPSA) is 67.6 Å². The predicted octanol–water partition coefficient (Wildman–Crippen LogP) is 1.48. The lowest BCUT2D eigenvalue weighted by molar-refractivity contribution is -0.144. The molecule has 7 heteroatoms. The van der Waals surface area contributed by atoms with Crippen LogP contribution in [0.3, 0.4) is 0 Å². The van der Waals surface area contributed by atoms with E-state index in [9.17, 15) is 13.2 Å². The molecule has 0 amide bonds. The summed E-state index contributed by atoms with van der Waals surface area (Å²) in [5.74, 6) is -1.11. The van der Waals surface area contributed by atoms with Gasteiger partial charge in [-0.15, -0.1) is 5.10 Å². The van der Waals surface area contributed by atoms with Gasteiger partial charge in [0.25, 0.3) is 5.82 Å². The highest BCUT2D eigenvalue weighted by Crippen LogP contribution is 2.26. The Kier molecular flexibility index (Phi) is 2.79. The van der Waals surface area contributed by atoms with E-state index >= 15 is 0 Å². The monoisotopic (exact) mass is 208 g/mol. The first-order chi connectivity index (χ1) is 6.32. The number of aromatic amines is 1. The van der Waals surface area contributed by atoms with Gasteiger partial charge >= 0.3 is 6.18 Å². The molecular formula is C7H11F3N4. The summed E-state index contributed by atoms with van der Waals surface area (Å²) in [6.45, 7) is 3.58. The largest absolute Gasteiger partial charge is 0.453 e. The first-order valence-electron chi connectivity index (χ1n) is 4.07. The minimum absolute atomic E-state index is 0.00373. The van der Waals surface area contributed by atoms with Crippen LogP contribution in [0, 0.1) is 5.92 Å². The molecule has 1 aromatic heterocycles. The Balaban J connectivity index is 2.89. The number of nitrogens with one attached hydrogen (secondary N) is 1. The average Bonchev–Trinajstić information content (AvgIpc) is 2.49. The maximum absolute atomic E-state index is 12.1. The molecule has 0 aliphatic carbocycles. The van der Waals surface area contributed by atoms with Crippen LogP contribution in [0.1, 0.15) is 31.5 Å². The fraction of sp³-hybridized carbons (Fsp3) is 0.714. The summed E-state index contributed by atoms with van der Waals surface area (Å²) in [4.78, 5) is 3.29. The quantitative estimate of drug-likeness (QED) is 0.773. The molecule has 0 aromatic carbocycles. The van der Waals surface area contributed by atoms with Crippen molar-refractivity contribution in [3.05, 3.63) is 11.6 Å². The lowest BCUT2D eigenvalue weighted by Crippen LogP contribution is -2.18. The summed E-state index contributed by atoms with van der Waals surface area (Å²) in [6, 6.07) is -0.557. The molecular weight excluding hydrogens is 197 g/mol. The zero-order valence-electron chi connectivity index (χ0n) is 7.76. The van der Waals surface area contributed by atoms with E-state index in [0.29, 0.717) is 0 Å². The summed E-state index contributed by atoms with van der Waals surface area (Å²) in [6.07, 6.45) is -4.52. The van der Waals surface area contributed by atoms with E-state index in [1.165, 1.54) is 0 Å². The number of alkyl halides is 3. The van der Waals surface area contributed by atoms with Crippen LogP contribution < -0.4 is 5.73 Å². The fourth-order valence-corrected chi connectivity index (χ4v) is 0.866. The summed E-state index contributed by atoms with van der Waals surface area (Å²) in [5, 5.41) is 5.24. The third kappa shape index (κ3) is 2.22. The van der Waals surface area contributed by atoms with Gasteiger partial charge in [-0.05, 0) is 5.92 Å². The van der Waals surface area contributed by atoms with Gasteiger partial charge in [0.15, 0.2) is 0 Å². The Bertz CT molecular complexity index is 304. The molecule has 3 N–H and O–H groups in total. The number of nitrogens with zero attached hydrogens (tertiary/aromatic N) is 2. The Morgan fingerprint density at radius 1 is 1.36 bits per heavy atom. The molecule has 80 valence electrons. The zero-order chi connectivity index (χ0) is 10.9. The van der Waals surface area contributed by atoms with E-state index in [2.05, 4.69) is 15.2 Å². The van der Waals surface area contributed by atoms with Gasteiger partial charge in [0, 0.05) is 0 Å². The number of hydrogen-bond donors (Lipinski definition) is 2. The van der Waals surface area contributed by atoms with E-state index < -0.39 is 18.0 Å². The Morgan fingerprint density at radius 3 is 2.29 bits per heavy atom. The van der Waals surface area contributed by atoms with Crippen LogP contribution in [0.2, 0.25) is 0 Å². The van der Waals surface area contributed by atoms with Gasteiger partial charge in [-0.25, -0.2) is 4.98 Å². The Hall–Kier alpha value is -1.11. The van der Waals surface area contributed by atoms with Gasteiger partial charge in [-0.1, -0.05) is 13.8 Å². The van der Waals surface area contributed by atoms with Gasteiger partial charge in [0.1, 0.15) is 5.82 Å². The normalized spacial score (nSPS) is 14.8. The van der Waals surface area contributed by atoms with Crippen LogP contribution in [0.5, 0.6) is 0 Å². The lowest BCUT2D eigenvalue weighted by atomic mass is 10.1. The summed E-state index contributed by atoms with van der Waals surface area (Å²) >= 11 is 0. The third-order valence-electron chi connectivity index (χ3n) is 1.79. The van der Waals surface area contributed by atoms with Crippen molar-refractivity contribution < 1.29 is 13.2 Å². The first kappa shape index (κ1) is 11.0. The molecule has 0 saturated carbocycles. The molecule has 0 radical (unpaired) electrons. The zero-order valence-corrected chi connectivity index (χ0v) is 7.76. The molecule has 1 aromatic rings. The van der Waals surface area contributed by atoms with Gasteiger partial charge in [0.2, 0.25) is 0 Å². The number of nitrogens with two attached hydrogens (primary N) is 1. The van der Waals surface area contributed by atoms with Crippen molar-refractivity contribution >= 4 is 0 Å². The van der Waals surface area contributed by atoms with Crippen molar-refractivity contribution in [2.45, 2.75) is 26.1 Å². The molecule has 0 fully saturated rings. The minimum Gasteiger partial charge on any atom is -0.321 e. The second-order valence-electron chi connectivity index (χ2n) is 3.31. The maximum atomic E-state index is 12.1. The molecule has 0 saturated heterocycles. The van der Waals surface area contributed by atoms with Crippen molar-refractivity contribution in [1.82, 2.24) is 15.2 Å². The summed E-state index contributed by atoms with van der Waals surface area (Å²) < 4.78 is 36.2. The second-order valence-corrected chi connectivity index (χ2v) is 3.31. The summed E-state index contributed by atoms with van der Waals surface area (Å²) in [5.41, 5.74) is 5.59. The molecule has 0 aliphatic rings. The van der Waals surface area contributed by atoms with E-state index in [4.69, 9.17) is 5.73 Å². The van der Waals surface area contributed by atoms with E-state index in [1.807, 2.05) is 0 Å². The second kappa shape index (κ2) is 3.56. The minimum atomic E-state index is -4.52. The van der Waals surface area contributed by atoms with Gasteiger partial charge in [0.05, 0.1) is 6.04 Å². The van der Waals surface area contributed by atoms with Crippen molar-refractivity contribution in [1.29, 1.82) is 0 Å². The first-order valence-corrected chi connectivity index (χ1v) is 4.07. The SMILES string of the molecule is CC(C)[C@@H](N)c1nc(C(F)(F)F)n[nH]1. The van der Waals surface area contributed by atoms with Crippen molar-refractivity contribution in [3.8, 4) is 0 Å². The van der Waals surface area contributed by atoms with Gasteiger partial charge in [-0.3, -0.25) is 5.10 Å². The highest BCUT2D eigenvalue weighted by Gasteiger charge is 2.36. The van der Waals surface area contributed by atoms with Crippen molar-refractivity contribution in [3.63, 3.8) is 0 Å². The number of halogens is 3. The van der Waals surface area contributed by atoms with Crippen LogP contribution in [0.4, 0.5) is 13.2 Å². The molecule has 1 heterocycles. The fourth-order valence-electron chi connectivity index (χ4n) is 0.866. The van der Waals surface area contributed by atoms with Crippen LogP contribution >= 0.6 is 0 Å². The highest BCUT2D eigenvalue weighted by molar-refractivity contribution is 4.99.